The highest BCUT2D eigenvalue weighted by Crippen LogP contribution is 2.30. The Hall–Kier alpha value is -2.70. The molecule has 0 spiro atoms. The first-order chi connectivity index (χ1) is 12.8. The number of H-pyrrole nitrogens is 1. The van der Waals surface area contributed by atoms with Crippen molar-refractivity contribution in [3.63, 3.8) is 0 Å². The maximum absolute atomic E-state index is 11.2. The molecule has 7 heteroatoms. The van der Waals surface area contributed by atoms with Gasteiger partial charge >= 0.3 is 0 Å². The van der Waals surface area contributed by atoms with Gasteiger partial charge in [-0.25, -0.2) is 0 Å². The van der Waals surface area contributed by atoms with Crippen molar-refractivity contribution in [1.82, 2.24) is 10.2 Å². The topological polar surface area (TPSA) is 79.5 Å². The number of aromatic nitrogens is 2. The summed E-state index contributed by atoms with van der Waals surface area (Å²) in [6.45, 7) is 7.80. The van der Waals surface area contributed by atoms with Crippen molar-refractivity contribution in [1.29, 1.82) is 0 Å². The van der Waals surface area contributed by atoms with Gasteiger partial charge in [0.05, 0.1) is 14.2 Å². The smallest absolute Gasteiger partial charge is 0.153 e. The van der Waals surface area contributed by atoms with Gasteiger partial charge in [-0.05, 0) is 17.5 Å². The Labute approximate surface area is 161 Å². The summed E-state index contributed by atoms with van der Waals surface area (Å²) < 4.78 is 10.7. The first-order valence-corrected chi connectivity index (χ1v) is 8.96. The molecule has 0 bridgehead atoms. The number of aromatic amines is 1. The van der Waals surface area contributed by atoms with Crippen LogP contribution >= 0.6 is 0 Å². The van der Waals surface area contributed by atoms with Gasteiger partial charge in [0.2, 0.25) is 0 Å². The molecule has 0 aliphatic rings. The number of carbonyl (C=O) groups is 1. The second-order valence-corrected chi connectivity index (χ2v) is 7.72. The molecule has 0 fully saturated rings. The van der Waals surface area contributed by atoms with Crippen molar-refractivity contribution < 1.29 is 14.3 Å². The lowest BCUT2D eigenvalue weighted by molar-refractivity contribution is -0.107. The molecule has 0 atom stereocenters. The summed E-state index contributed by atoms with van der Waals surface area (Å²) in [7, 11) is 5.23. The van der Waals surface area contributed by atoms with Gasteiger partial charge in [-0.2, -0.15) is 5.10 Å². The second-order valence-electron chi connectivity index (χ2n) is 7.72. The zero-order chi connectivity index (χ0) is 20.0. The number of rotatable bonds is 9. The summed E-state index contributed by atoms with van der Waals surface area (Å²) in [5.74, 6) is 3.04. The third-order valence-corrected chi connectivity index (χ3v) is 4.20. The van der Waals surface area contributed by atoms with Crippen LogP contribution in [-0.2, 0) is 17.8 Å². The normalized spacial score (nSPS) is 11.2. The molecule has 0 radical (unpaired) electrons. The first-order valence-electron chi connectivity index (χ1n) is 8.96. The van der Waals surface area contributed by atoms with Crippen LogP contribution in [0.15, 0.2) is 18.2 Å². The quantitative estimate of drug-likeness (QED) is 0.656. The highest BCUT2D eigenvalue weighted by atomic mass is 16.5. The molecule has 0 aliphatic carbocycles. The Balaban J connectivity index is 2.24. The average molecular weight is 374 g/mol. The second kappa shape index (κ2) is 8.79. The minimum absolute atomic E-state index is 0.111. The third kappa shape index (κ3) is 5.39. The van der Waals surface area contributed by atoms with Gasteiger partial charge in [-0.1, -0.05) is 20.8 Å². The standard InChI is InChI=1S/C20H30N4O3/c1-20(2,3)13-21-18-16(9-10-25)19(23-22-18)24(4)12-14-7-8-15(26-5)11-17(14)27-6/h7-8,10-11H,9,12-13H2,1-6H3,(H2,21,22,23). The van der Waals surface area contributed by atoms with Crippen molar-refractivity contribution in [3.8, 4) is 11.5 Å². The van der Waals surface area contributed by atoms with Crippen molar-refractivity contribution >= 4 is 17.9 Å². The average Bonchev–Trinajstić information content (AvgIpc) is 3.03. The monoisotopic (exact) mass is 374 g/mol. The molecule has 0 aliphatic heterocycles. The van der Waals surface area contributed by atoms with Gasteiger partial charge < -0.3 is 24.5 Å². The van der Waals surface area contributed by atoms with Crippen LogP contribution in [-0.4, -0.2) is 44.3 Å². The van der Waals surface area contributed by atoms with Crippen LogP contribution in [0.2, 0.25) is 0 Å². The maximum atomic E-state index is 11.2. The summed E-state index contributed by atoms with van der Waals surface area (Å²) >= 11 is 0. The highest BCUT2D eigenvalue weighted by molar-refractivity contribution is 5.68. The molecular formula is C20H30N4O3. The number of hydrogen-bond acceptors (Lipinski definition) is 6. The van der Waals surface area contributed by atoms with E-state index >= 15 is 0 Å². The summed E-state index contributed by atoms with van der Waals surface area (Å²) in [6, 6.07) is 5.74. The molecule has 148 valence electrons. The SMILES string of the molecule is COc1ccc(CN(C)c2[nH]nc(NCC(C)(C)C)c2CC=O)c(OC)c1. The van der Waals surface area contributed by atoms with Crippen LogP contribution in [0.1, 0.15) is 31.9 Å². The van der Waals surface area contributed by atoms with E-state index < -0.39 is 0 Å². The van der Waals surface area contributed by atoms with Crippen LogP contribution in [0, 0.1) is 5.41 Å². The third-order valence-electron chi connectivity index (χ3n) is 4.20. The lowest BCUT2D eigenvalue weighted by atomic mass is 9.97. The molecule has 27 heavy (non-hydrogen) atoms. The van der Waals surface area contributed by atoms with Crippen molar-refractivity contribution in [2.24, 2.45) is 5.41 Å². The van der Waals surface area contributed by atoms with E-state index in [1.807, 2.05) is 30.1 Å². The van der Waals surface area contributed by atoms with Gasteiger partial charge in [0, 0.05) is 43.8 Å². The molecular weight excluding hydrogens is 344 g/mol. The van der Waals surface area contributed by atoms with Crippen molar-refractivity contribution in [2.45, 2.75) is 33.7 Å². The molecule has 0 unspecified atom stereocenters. The molecule has 1 heterocycles. The highest BCUT2D eigenvalue weighted by Gasteiger charge is 2.19. The summed E-state index contributed by atoms with van der Waals surface area (Å²) in [4.78, 5) is 13.2. The molecule has 0 saturated heterocycles. The number of carbonyl (C=O) groups excluding carboxylic acids is 1. The fraction of sp³-hybridized carbons (Fsp3) is 0.500. The van der Waals surface area contributed by atoms with Crippen LogP contribution in [0.25, 0.3) is 0 Å². The first kappa shape index (κ1) is 20.6. The zero-order valence-electron chi connectivity index (χ0n) is 17.0. The van der Waals surface area contributed by atoms with Crippen molar-refractivity contribution in [2.75, 3.05) is 38.0 Å². The minimum Gasteiger partial charge on any atom is -0.497 e. The Morgan fingerprint density at radius 1 is 1.26 bits per heavy atom. The number of aldehydes is 1. The summed E-state index contributed by atoms with van der Waals surface area (Å²) in [5, 5.41) is 10.8. The Kier molecular flexibility index (Phi) is 6.71. The zero-order valence-corrected chi connectivity index (χ0v) is 17.0. The minimum atomic E-state index is 0.111. The predicted molar refractivity (Wildman–Crippen MR) is 108 cm³/mol. The number of methoxy groups -OCH3 is 2. The molecule has 0 amide bonds. The van der Waals surface area contributed by atoms with E-state index in [0.717, 1.165) is 47.1 Å². The van der Waals surface area contributed by atoms with E-state index in [4.69, 9.17) is 9.47 Å². The van der Waals surface area contributed by atoms with Gasteiger partial charge in [0.15, 0.2) is 5.82 Å². The lowest BCUT2D eigenvalue weighted by Gasteiger charge is -2.21. The van der Waals surface area contributed by atoms with Gasteiger partial charge in [0.1, 0.15) is 23.6 Å². The van der Waals surface area contributed by atoms with Crippen LogP contribution < -0.4 is 19.7 Å². The molecule has 2 N–H and O–H groups in total. The fourth-order valence-corrected chi connectivity index (χ4v) is 2.76. The Bertz CT molecular complexity index is 765. The number of benzene rings is 1. The van der Waals surface area contributed by atoms with Crippen LogP contribution in [0.5, 0.6) is 11.5 Å². The van der Waals surface area contributed by atoms with E-state index in [-0.39, 0.29) is 5.41 Å². The van der Waals surface area contributed by atoms with E-state index in [1.165, 1.54) is 0 Å². The number of anilines is 2. The van der Waals surface area contributed by atoms with Crippen LogP contribution in [0.3, 0.4) is 0 Å². The number of nitrogens with zero attached hydrogens (tertiary/aromatic N) is 2. The molecule has 1 aromatic heterocycles. The molecule has 7 nitrogen and oxygen atoms in total. The fourth-order valence-electron chi connectivity index (χ4n) is 2.76. The number of hydrogen-bond donors (Lipinski definition) is 2. The lowest BCUT2D eigenvalue weighted by Crippen LogP contribution is -2.21. The molecule has 0 saturated carbocycles. The van der Waals surface area contributed by atoms with Gasteiger partial charge in [-0.3, -0.25) is 5.10 Å². The van der Waals surface area contributed by atoms with Crippen molar-refractivity contribution in [3.05, 3.63) is 29.3 Å². The van der Waals surface area contributed by atoms with Gasteiger partial charge in [-0.15, -0.1) is 0 Å². The summed E-state index contributed by atoms with van der Waals surface area (Å²) in [6.07, 6.45) is 1.20. The van der Waals surface area contributed by atoms with E-state index in [0.29, 0.717) is 13.0 Å². The van der Waals surface area contributed by atoms with E-state index in [1.54, 1.807) is 14.2 Å². The number of nitrogens with one attached hydrogen (secondary N) is 2. The molecule has 2 rings (SSSR count). The number of ether oxygens (including phenoxy) is 2. The van der Waals surface area contributed by atoms with Gasteiger partial charge in [0.25, 0.3) is 0 Å². The molecule has 1 aromatic carbocycles. The predicted octanol–water partition coefficient (Wildman–Crippen LogP) is 3.26. The van der Waals surface area contributed by atoms with E-state index in [2.05, 4.69) is 36.3 Å². The van der Waals surface area contributed by atoms with E-state index in [9.17, 15) is 4.79 Å². The largest absolute Gasteiger partial charge is 0.497 e. The Morgan fingerprint density at radius 2 is 2.00 bits per heavy atom. The summed E-state index contributed by atoms with van der Waals surface area (Å²) in [5.41, 5.74) is 1.99. The Morgan fingerprint density at radius 3 is 2.59 bits per heavy atom. The maximum Gasteiger partial charge on any atom is 0.153 e. The molecule has 2 aromatic rings. The van der Waals surface area contributed by atoms with Crippen LogP contribution in [0.4, 0.5) is 11.6 Å².